The number of hydrogen-bond donors (Lipinski definition) is 1. The van der Waals surface area contributed by atoms with Gasteiger partial charge in [0.25, 0.3) is 0 Å². The van der Waals surface area contributed by atoms with Crippen molar-refractivity contribution in [3.05, 3.63) is 0 Å². The van der Waals surface area contributed by atoms with Crippen LogP contribution >= 0.6 is 0 Å². The maximum Gasteiger partial charge on any atom is 0.0728 e. The second kappa shape index (κ2) is 4.87. The Morgan fingerprint density at radius 3 is 2.82 bits per heavy atom. The summed E-state index contributed by atoms with van der Waals surface area (Å²) in [6.07, 6.45) is 8.59. The summed E-state index contributed by atoms with van der Waals surface area (Å²) in [7, 11) is 0. The van der Waals surface area contributed by atoms with E-state index >= 15 is 0 Å². The number of hydrogen-bond acceptors (Lipinski definition) is 3. The van der Waals surface area contributed by atoms with E-state index in [1.165, 1.54) is 51.6 Å². The van der Waals surface area contributed by atoms with Crippen molar-refractivity contribution in [2.75, 3.05) is 26.2 Å². The molecule has 1 N–H and O–H groups in total. The Balaban J connectivity index is 1.62. The molecule has 0 aromatic heterocycles. The summed E-state index contributed by atoms with van der Waals surface area (Å²) in [6, 6.07) is 0.608. The van der Waals surface area contributed by atoms with Crippen molar-refractivity contribution in [1.82, 2.24) is 10.2 Å². The molecule has 17 heavy (non-hydrogen) atoms. The van der Waals surface area contributed by atoms with E-state index in [1.807, 2.05) is 0 Å². The average molecular weight is 238 g/mol. The van der Waals surface area contributed by atoms with Gasteiger partial charge in [0.1, 0.15) is 0 Å². The molecule has 3 fully saturated rings. The van der Waals surface area contributed by atoms with Gasteiger partial charge in [0.2, 0.25) is 0 Å². The predicted molar refractivity (Wildman–Crippen MR) is 69.2 cm³/mol. The predicted octanol–water partition coefficient (Wildman–Crippen LogP) is 1.77. The highest BCUT2D eigenvalue weighted by Crippen LogP contribution is 2.33. The molecule has 0 amide bonds. The Morgan fingerprint density at radius 1 is 1.29 bits per heavy atom. The van der Waals surface area contributed by atoms with Crippen LogP contribution in [0.4, 0.5) is 0 Å². The van der Waals surface area contributed by atoms with Crippen LogP contribution in [0.3, 0.4) is 0 Å². The lowest BCUT2D eigenvalue weighted by Crippen LogP contribution is -2.62. The molecule has 2 heterocycles. The molecule has 0 radical (unpaired) electrons. The van der Waals surface area contributed by atoms with Gasteiger partial charge in [0, 0.05) is 37.8 Å². The minimum atomic E-state index is 0.450. The van der Waals surface area contributed by atoms with Gasteiger partial charge in [0.05, 0.1) is 6.10 Å². The Labute approximate surface area is 105 Å². The summed E-state index contributed by atoms with van der Waals surface area (Å²) in [4.78, 5) is 2.68. The van der Waals surface area contributed by atoms with Gasteiger partial charge in [-0.3, -0.25) is 4.90 Å². The van der Waals surface area contributed by atoms with E-state index in [-0.39, 0.29) is 0 Å². The third-order valence-electron chi connectivity index (χ3n) is 5.04. The van der Waals surface area contributed by atoms with Crippen molar-refractivity contribution in [1.29, 1.82) is 0 Å². The molecule has 2 atom stereocenters. The van der Waals surface area contributed by atoms with Gasteiger partial charge in [-0.15, -0.1) is 0 Å². The minimum Gasteiger partial charge on any atom is -0.377 e. The van der Waals surface area contributed by atoms with E-state index in [0.29, 0.717) is 17.7 Å². The normalized spacial score (nSPS) is 35.5. The summed E-state index contributed by atoms with van der Waals surface area (Å²) in [5, 5.41) is 3.79. The molecule has 0 aromatic rings. The van der Waals surface area contributed by atoms with Gasteiger partial charge < -0.3 is 10.1 Å². The molecule has 3 nitrogen and oxygen atoms in total. The summed E-state index contributed by atoms with van der Waals surface area (Å²) in [5.74, 6) is 0. The number of rotatable bonds is 2. The quantitative estimate of drug-likeness (QED) is 0.793. The van der Waals surface area contributed by atoms with Crippen LogP contribution in [-0.2, 0) is 4.74 Å². The first kappa shape index (κ1) is 11.9. The molecule has 2 unspecified atom stereocenters. The fraction of sp³-hybridized carbons (Fsp3) is 1.00. The fourth-order valence-electron chi connectivity index (χ4n) is 3.94. The molecule has 2 saturated heterocycles. The van der Waals surface area contributed by atoms with Crippen molar-refractivity contribution in [3.63, 3.8) is 0 Å². The lowest BCUT2D eigenvalue weighted by Gasteiger charge is -2.45. The Morgan fingerprint density at radius 2 is 2.12 bits per heavy atom. The first-order chi connectivity index (χ1) is 8.29. The zero-order valence-corrected chi connectivity index (χ0v) is 11.1. The van der Waals surface area contributed by atoms with Crippen LogP contribution in [-0.4, -0.2) is 48.8 Å². The van der Waals surface area contributed by atoms with Gasteiger partial charge >= 0.3 is 0 Å². The molecule has 3 aliphatic rings. The van der Waals surface area contributed by atoms with E-state index in [9.17, 15) is 0 Å². The molecule has 1 aliphatic carbocycles. The summed E-state index contributed by atoms with van der Waals surface area (Å²) in [5.41, 5.74) is 0.450. The molecule has 1 saturated carbocycles. The summed E-state index contributed by atoms with van der Waals surface area (Å²) < 4.78 is 5.86. The monoisotopic (exact) mass is 238 g/mol. The standard InChI is InChI=1S/C14H26N2O/c1-12(13-5-4-10-17-13)16-9-8-15-14(11-16)6-2-3-7-14/h12-13,15H,2-11H2,1H3. The van der Waals surface area contributed by atoms with E-state index in [0.717, 1.165) is 13.2 Å². The van der Waals surface area contributed by atoms with Crippen LogP contribution in [0.5, 0.6) is 0 Å². The van der Waals surface area contributed by atoms with Gasteiger partial charge in [0.15, 0.2) is 0 Å². The molecular weight excluding hydrogens is 212 g/mol. The second-order valence-corrected chi connectivity index (χ2v) is 6.18. The first-order valence-electron chi connectivity index (χ1n) is 7.40. The third kappa shape index (κ3) is 2.38. The Kier molecular flexibility index (Phi) is 3.42. The summed E-state index contributed by atoms with van der Waals surface area (Å²) in [6.45, 7) is 6.95. The van der Waals surface area contributed by atoms with Crippen LogP contribution in [0.15, 0.2) is 0 Å². The largest absolute Gasteiger partial charge is 0.377 e. The van der Waals surface area contributed by atoms with Gasteiger partial charge in [-0.25, -0.2) is 0 Å². The van der Waals surface area contributed by atoms with Gasteiger partial charge in [-0.1, -0.05) is 12.8 Å². The van der Waals surface area contributed by atoms with Crippen LogP contribution in [0.1, 0.15) is 45.4 Å². The maximum atomic E-state index is 5.86. The van der Waals surface area contributed by atoms with Gasteiger partial charge in [-0.2, -0.15) is 0 Å². The smallest absolute Gasteiger partial charge is 0.0728 e. The van der Waals surface area contributed by atoms with Crippen molar-refractivity contribution >= 4 is 0 Å². The highest BCUT2D eigenvalue weighted by molar-refractivity contribution is 4.99. The first-order valence-corrected chi connectivity index (χ1v) is 7.40. The third-order valence-corrected chi connectivity index (χ3v) is 5.04. The SMILES string of the molecule is CC(C1CCCO1)N1CCNC2(CCCC2)C1. The fourth-order valence-corrected chi connectivity index (χ4v) is 3.94. The van der Waals surface area contributed by atoms with Crippen molar-refractivity contribution in [2.24, 2.45) is 0 Å². The van der Waals surface area contributed by atoms with Crippen molar-refractivity contribution in [2.45, 2.75) is 63.1 Å². The van der Waals surface area contributed by atoms with Gasteiger partial charge in [-0.05, 0) is 32.6 Å². The van der Waals surface area contributed by atoms with E-state index in [2.05, 4.69) is 17.1 Å². The highest BCUT2D eigenvalue weighted by atomic mass is 16.5. The van der Waals surface area contributed by atoms with Crippen LogP contribution in [0.2, 0.25) is 0 Å². The van der Waals surface area contributed by atoms with Crippen molar-refractivity contribution < 1.29 is 4.74 Å². The number of piperazine rings is 1. The molecule has 98 valence electrons. The van der Waals surface area contributed by atoms with E-state index in [4.69, 9.17) is 4.74 Å². The lowest BCUT2D eigenvalue weighted by atomic mass is 9.93. The van der Waals surface area contributed by atoms with E-state index < -0.39 is 0 Å². The highest BCUT2D eigenvalue weighted by Gasteiger charge is 2.40. The van der Waals surface area contributed by atoms with Crippen LogP contribution in [0, 0.1) is 0 Å². The molecule has 0 aromatic carbocycles. The van der Waals surface area contributed by atoms with Crippen molar-refractivity contribution in [3.8, 4) is 0 Å². The number of nitrogens with one attached hydrogen (secondary N) is 1. The lowest BCUT2D eigenvalue weighted by molar-refractivity contribution is 0.00645. The zero-order valence-electron chi connectivity index (χ0n) is 11.1. The maximum absolute atomic E-state index is 5.86. The zero-order chi connectivity index (χ0) is 11.7. The molecule has 1 spiro atoms. The number of nitrogens with zero attached hydrogens (tertiary/aromatic N) is 1. The minimum absolute atomic E-state index is 0.450. The topological polar surface area (TPSA) is 24.5 Å². The summed E-state index contributed by atoms with van der Waals surface area (Å²) >= 11 is 0. The molecule has 3 rings (SSSR count). The molecule has 0 bridgehead atoms. The average Bonchev–Trinajstić information content (AvgIpc) is 3.00. The Hall–Kier alpha value is -0.120. The molecule has 3 heteroatoms. The number of ether oxygens (including phenoxy) is 1. The second-order valence-electron chi connectivity index (χ2n) is 6.18. The molecule has 2 aliphatic heterocycles. The van der Waals surface area contributed by atoms with Crippen LogP contribution < -0.4 is 5.32 Å². The molecular formula is C14H26N2O. The van der Waals surface area contributed by atoms with E-state index in [1.54, 1.807) is 0 Å². The van der Waals surface area contributed by atoms with Crippen LogP contribution in [0.25, 0.3) is 0 Å². The Bertz CT molecular complexity index is 257.